The Hall–Kier alpha value is -0.0500. The van der Waals surface area contributed by atoms with Crippen LogP contribution in [0.15, 0.2) is 12.2 Å². The molecule has 0 saturated heterocycles. The molecule has 1 aliphatic rings. The average molecular weight is 164 g/mol. The fourth-order valence-electron chi connectivity index (χ4n) is 1.07. The molecule has 0 radical (unpaired) electrons. The summed E-state index contributed by atoms with van der Waals surface area (Å²) in [7, 11) is 1.72. The maximum atomic E-state index is 5.02. The van der Waals surface area contributed by atoms with Gasteiger partial charge in [0, 0.05) is 13.7 Å². The van der Waals surface area contributed by atoms with Crippen molar-refractivity contribution in [3.05, 3.63) is 12.2 Å². The van der Waals surface area contributed by atoms with E-state index in [1.165, 1.54) is 0 Å². The Kier molecular flexibility index (Phi) is 3.94. The van der Waals surface area contributed by atoms with Gasteiger partial charge in [0.2, 0.25) is 0 Å². The van der Waals surface area contributed by atoms with Crippen molar-refractivity contribution in [3.63, 3.8) is 0 Å². The van der Waals surface area contributed by atoms with Gasteiger partial charge in [0.1, 0.15) is 0 Å². The van der Waals surface area contributed by atoms with E-state index in [0.29, 0.717) is 0 Å². The van der Waals surface area contributed by atoms with Gasteiger partial charge in [-0.25, -0.2) is 0 Å². The number of methoxy groups -OCH3 is 1. The van der Waals surface area contributed by atoms with E-state index in [4.69, 9.17) is 4.74 Å². The van der Waals surface area contributed by atoms with Crippen LogP contribution in [0.2, 0.25) is 0 Å². The fraction of sp³-hybridized carbons (Fsp3) is 0.714. The van der Waals surface area contributed by atoms with Crippen molar-refractivity contribution in [1.82, 2.24) is 5.32 Å². The Balaban J connectivity index is 0.000000810. The van der Waals surface area contributed by atoms with E-state index in [1.807, 2.05) is 0 Å². The van der Waals surface area contributed by atoms with E-state index in [0.717, 1.165) is 13.2 Å². The summed E-state index contributed by atoms with van der Waals surface area (Å²) >= 11 is 0. The zero-order valence-corrected chi connectivity index (χ0v) is 7.20. The number of hydrogen-bond donors (Lipinski definition) is 1. The fourth-order valence-corrected chi connectivity index (χ4v) is 1.07. The first-order valence-corrected chi connectivity index (χ1v) is 3.18. The number of rotatable bonds is 2. The van der Waals surface area contributed by atoms with Gasteiger partial charge in [-0.1, -0.05) is 12.2 Å². The normalized spacial score (nSPS) is 30.2. The van der Waals surface area contributed by atoms with Crippen molar-refractivity contribution in [2.75, 3.05) is 20.3 Å². The third-order valence-corrected chi connectivity index (χ3v) is 1.55. The predicted molar refractivity (Wildman–Crippen MR) is 44.7 cm³/mol. The van der Waals surface area contributed by atoms with E-state index < -0.39 is 0 Å². The standard InChI is InChI=1S/C7H13NO.ClH/c1-7(6-9-2)4-3-5-8-7;/h3-4,8H,5-6H2,1-2H3;1H. The topological polar surface area (TPSA) is 21.3 Å². The van der Waals surface area contributed by atoms with Crippen molar-refractivity contribution in [2.24, 2.45) is 0 Å². The predicted octanol–water partition coefficient (Wildman–Crippen LogP) is 0.973. The lowest BCUT2D eigenvalue weighted by Crippen LogP contribution is -2.40. The lowest BCUT2D eigenvalue weighted by molar-refractivity contribution is 0.148. The minimum Gasteiger partial charge on any atom is -0.382 e. The van der Waals surface area contributed by atoms with E-state index in [-0.39, 0.29) is 17.9 Å². The molecule has 1 aliphatic heterocycles. The van der Waals surface area contributed by atoms with E-state index >= 15 is 0 Å². The Labute approximate surface area is 68.0 Å². The van der Waals surface area contributed by atoms with Gasteiger partial charge in [-0.15, -0.1) is 12.4 Å². The summed E-state index contributed by atoms with van der Waals surface area (Å²) < 4.78 is 5.02. The van der Waals surface area contributed by atoms with Crippen molar-refractivity contribution < 1.29 is 4.74 Å². The minimum atomic E-state index is 0. The quantitative estimate of drug-likeness (QED) is 0.613. The second-order valence-electron chi connectivity index (χ2n) is 2.63. The maximum absolute atomic E-state index is 5.02. The molecule has 0 aromatic rings. The molecular formula is C7H14ClNO. The number of halogens is 1. The van der Waals surface area contributed by atoms with Gasteiger partial charge in [0.15, 0.2) is 0 Å². The zero-order valence-electron chi connectivity index (χ0n) is 6.39. The molecule has 0 amide bonds. The summed E-state index contributed by atoms with van der Waals surface area (Å²) in [4.78, 5) is 0. The summed E-state index contributed by atoms with van der Waals surface area (Å²) in [6.45, 7) is 3.85. The number of hydrogen-bond acceptors (Lipinski definition) is 2. The Bertz CT molecular complexity index is 127. The van der Waals surface area contributed by atoms with Crippen LogP contribution >= 0.6 is 12.4 Å². The smallest absolute Gasteiger partial charge is 0.0677 e. The van der Waals surface area contributed by atoms with Crippen LogP contribution in [-0.2, 0) is 4.74 Å². The summed E-state index contributed by atoms with van der Waals surface area (Å²) in [6, 6.07) is 0. The van der Waals surface area contributed by atoms with E-state index in [2.05, 4.69) is 24.4 Å². The largest absolute Gasteiger partial charge is 0.382 e. The Morgan fingerprint density at radius 1 is 1.70 bits per heavy atom. The highest BCUT2D eigenvalue weighted by Gasteiger charge is 2.22. The highest BCUT2D eigenvalue weighted by molar-refractivity contribution is 5.85. The van der Waals surface area contributed by atoms with Crippen molar-refractivity contribution in [1.29, 1.82) is 0 Å². The molecule has 60 valence electrons. The third-order valence-electron chi connectivity index (χ3n) is 1.55. The second kappa shape index (κ2) is 3.96. The van der Waals surface area contributed by atoms with Gasteiger partial charge in [-0.05, 0) is 6.92 Å². The molecule has 1 atom stereocenters. The van der Waals surface area contributed by atoms with E-state index in [1.54, 1.807) is 7.11 Å². The maximum Gasteiger partial charge on any atom is 0.0677 e. The van der Waals surface area contributed by atoms with Crippen LogP contribution < -0.4 is 5.32 Å². The molecule has 0 aromatic heterocycles. The molecule has 0 aromatic carbocycles. The van der Waals surface area contributed by atoms with Crippen LogP contribution in [0.5, 0.6) is 0 Å². The minimum absolute atomic E-state index is 0. The van der Waals surface area contributed by atoms with Crippen LogP contribution in [0.3, 0.4) is 0 Å². The van der Waals surface area contributed by atoms with Crippen molar-refractivity contribution in [3.8, 4) is 0 Å². The van der Waals surface area contributed by atoms with Crippen LogP contribution in [0.4, 0.5) is 0 Å². The van der Waals surface area contributed by atoms with Gasteiger partial charge in [0.25, 0.3) is 0 Å². The Morgan fingerprint density at radius 2 is 2.40 bits per heavy atom. The molecule has 1 rings (SSSR count). The number of nitrogens with one attached hydrogen (secondary N) is 1. The molecule has 0 spiro atoms. The SMILES string of the molecule is COCC1(C)C=CCN1.Cl. The van der Waals surface area contributed by atoms with E-state index in [9.17, 15) is 0 Å². The highest BCUT2D eigenvalue weighted by Crippen LogP contribution is 2.10. The lowest BCUT2D eigenvalue weighted by Gasteiger charge is -2.20. The monoisotopic (exact) mass is 163 g/mol. The zero-order chi connectivity index (χ0) is 6.74. The molecule has 2 nitrogen and oxygen atoms in total. The first-order valence-electron chi connectivity index (χ1n) is 3.18. The van der Waals surface area contributed by atoms with Crippen LogP contribution in [0, 0.1) is 0 Å². The van der Waals surface area contributed by atoms with Gasteiger partial charge in [-0.2, -0.15) is 0 Å². The molecule has 1 heterocycles. The molecular weight excluding hydrogens is 150 g/mol. The van der Waals surface area contributed by atoms with Crippen LogP contribution in [0.1, 0.15) is 6.92 Å². The number of ether oxygens (including phenoxy) is 1. The molecule has 10 heavy (non-hydrogen) atoms. The summed E-state index contributed by atoms with van der Waals surface area (Å²) in [5.41, 5.74) is 0.0920. The highest BCUT2D eigenvalue weighted by atomic mass is 35.5. The Morgan fingerprint density at radius 3 is 2.80 bits per heavy atom. The van der Waals surface area contributed by atoms with Crippen molar-refractivity contribution in [2.45, 2.75) is 12.5 Å². The molecule has 0 fully saturated rings. The molecule has 3 heteroatoms. The van der Waals surface area contributed by atoms with Crippen molar-refractivity contribution >= 4 is 12.4 Å². The lowest BCUT2D eigenvalue weighted by atomic mass is 10.1. The summed E-state index contributed by atoms with van der Waals surface area (Å²) in [5.74, 6) is 0. The second-order valence-corrected chi connectivity index (χ2v) is 2.63. The van der Waals surface area contributed by atoms with Gasteiger partial charge >= 0.3 is 0 Å². The van der Waals surface area contributed by atoms with Gasteiger partial charge in [-0.3, -0.25) is 0 Å². The molecule has 1 unspecified atom stereocenters. The summed E-state index contributed by atoms with van der Waals surface area (Å²) in [5, 5.41) is 3.30. The van der Waals surface area contributed by atoms with Gasteiger partial charge in [0.05, 0.1) is 12.1 Å². The average Bonchev–Trinajstić information content (AvgIpc) is 2.16. The molecule has 0 saturated carbocycles. The summed E-state index contributed by atoms with van der Waals surface area (Å²) in [6.07, 6.45) is 4.27. The van der Waals surface area contributed by atoms with Crippen LogP contribution in [-0.4, -0.2) is 25.8 Å². The van der Waals surface area contributed by atoms with Gasteiger partial charge < -0.3 is 10.1 Å². The third kappa shape index (κ3) is 2.29. The first kappa shape index (κ1) is 9.95. The molecule has 0 aliphatic carbocycles. The molecule has 0 bridgehead atoms. The van der Waals surface area contributed by atoms with Crippen LogP contribution in [0.25, 0.3) is 0 Å². The molecule has 1 N–H and O–H groups in total. The first-order chi connectivity index (χ1) is 4.27.